The van der Waals surface area contributed by atoms with E-state index in [0.29, 0.717) is 6.04 Å². The van der Waals surface area contributed by atoms with Crippen LogP contribution in [0.3, 0.4) is 0 Å². The number of likely N-dealkylation sites (N-methyl/N-ethyl adjacent to an activating group) is 1. The second kappa shape index (κ2) is 11.4. The standard InChI is InChI=1S/C17H38N4/c1-5-9-18-17(2)8-6-7-10-20-13-15-21(16-14-20)12-11-19(3)4/h17-18H,5-16H2,1-4H3. The van der Waals surface area contributed by atoms with E-state index in [2.05, 4.69) is 48.0 Å². The first kappa shape index (κ1) is 18.9. The van der Waals surface area contributed by atoms with E-state index >= 15 is 0 Å². The third kappa shape index (κ3) is 9.46. The molecule has 1 aliphatic rings. The molecule has 0 aromatic rings. The molecule has 0 amide bonds. The Morgan fingerprint density at radius 2 is 1.62 bits per heavy atom. The molecular formula is C17H38N4. The fourth-order valence-electron chi connectivity index (χ4n) is 2.86. The number of unbranched alkanes of at least 4 members (excludes halogenated alkanes) is 1. The number of hydrogen-bond donors (Lipinski definition) is 1. The van der Waals surface area contributed by atoms with Gasteiger partial charge in [0.25, 0.3) is 0 Å². The van der Waals surface area contributed by atoms with Crippen molar-refractivity contribution in [1.82, 2.24) is 20.0 Å². The summed E-state index contributed by atoms with van der Waals surface area (Å²) in [5.74, 6) is 0. The smallest absolute Gasteiger partial charge is 0.0110 e. The van der Waals surface area contributed by atoms with Gasteiger partial charge in [-0.05, 0) is 53.4 Å². The van der Waals surface area contributed by atoms with Crippen molar-refractivity contribution >= 4 is 0 Å². The molecule has 0 aromatic heterocycles. The molecule has 0 aromatic carbocycles. The zero-order valence-electron chi connectivity index (χ0n) is 14.9. The molecule has 1 N–H and O–H groups in total. The van der Waals surface area contributed by atoms with Crippen molar-refractivity contribution in [2.45, 2.75) is 45.6 Å². The number of nitrogens with zero attached hydrogens (tertiary/aromatic N) is 3. The van der Waals surface area contributed by atoms with Crippen LogP contribution < -0.4 is 5.32 Å². The third-order valence-corrected chi connectivity index (χ3v) is 4.43. The number of hydrogen-bond acceptors (Lipinski definition) is 4. The van der Waals surface area contributed by atoms with Crippen molar-refractivity contribution in [3.05, 3.63) is 0 Å². The molecule has 0 spiro atoms. The molecule has 1 unspecified atom stereocenters. The van der Waals surface area contributed by atoms with Crippen LogP contribution in [0.15, 0.2) is 0 Å². The summed E-state index contributed by atoms with van der Waals surface area (Å²) in [6, 6.07) is 0.688. The van der Waals surface area contributed by atoms with Crippen molar-refractivity contribution < 1.29 is 0 Å². The highest BCUT2D eigenvalue weighted by Crippen LogP contribution is 2.06. The molecule has 1 saturated heterocycles. The number of nitrogens with one attached hydrogen (secondary N) is 1. The van der Waals surface area contributed by atoms with Gasteiger partial charge >= 0.3 is 0 Å². The summed E-state index contributed by atoms with van der Waals surface area (Å²) in [4.78, 5) is 7.53. The molecule has 1 rings (SSSR count). The van der Waals surface area contributed by atoms with Gasteiger partial charge in [0.05, 0.1) is 0 Å². The molecule has 1 heterocycles. The van der Waals surface area contributed by atoms with E-state index in [1.54, 1.807) is 0 Å². The first-order chi connectivity index (χ1) is 10.1. The quantitative estimate of drug-likeness (QED) is 0.586. The Morgan fingerprint density at radius 3 is 2.19 bits per heavy atom. The molecule has 4 heteroatoms. The maximum Gasteiger partial charge on any atom is 0.0110 e. The largest absolute Gasteiger partial charge is 0.314 e. The van der Waals surface area contributed by atoms with E-state index in [0.717, 1.165) is 6.54 Å². The van der Waals surface area contributed by atoms with Gasteiger partial charge in [-0.15, -0.1) is 0 Å². The predicted octanol–water partition coefficient (Wildman–Crippen LogP) is 1.72. The topological polar surface area (TPSA) is 21.8 Å². The Labute approximate surface area is 132 Å². The van der Waals surface area contributed by atoms with Crippen LogP contribution in [0.25, 0.3) is 0 Å². The lowest BCUT2D eigenvalue weighted by Gasteiger charge is -2.35. The second-order valence-corrected chi connectivity index (χ2v) is 6.84. The molecule has 1 atom stereocenters. The molecule has 1 fully saturated rings. The minimum absolute atomic E-state index is 0.688. The van der Waals surface area contributed by atoms with Crippen molar-refractivity contribution in [3.63, 3.8) is 0 Å². The summed E-state index contributed by atoms with van der Waals surface area (Å²) in [5.41, 5.74) is 0. The van der Waals surface area contributed by atoms with Crippen molar-refractivity contribution in [2.24, 2.45) is 0 Å². The fraction of sp³-hybridized carbons (Fsp3) is 1.00. The summed E-state index contributed by atoms with van der Waals surface area (Å²) < 4.78 is 0. The molecule has 21 heavy (non-hydrogen) atoms. The fourth-order valence-corrected chi connectivity index (χ4v) is 2.86. The van der Waals surface area contributed by atoms with Gasteiger partial charge in [-0.2, -0.15) is 0 Å². The highest BCUT2D eigenvalue weighted by atomic mass is 15.3. The highest BCUT2D eigenvalue weighted by Gasteiger charge is 2.16. The summed E-state index contributed by atoms with van der Waals surface area (Å²) in [6.07, 6.45) is 5.28. The van der Waals surface area contributed by atoms with Gasteiger partial charge in [0.1, 0.15) is 0 Å². The van der Waals surface area contributed by atoms with Gasteiger partial charge in [-0.3, -0.25) is 4.90 Å². The number of piperazine rings is 1. The van der Waals surface area contributed by atoms with Gasteiger partial charge in [0.15, 0.2) is 0 Å². The van der Waals surface area contributed by atoms with Crippen LogP contribution in [0.2, 0.25) is 0 Å². The maximum atomic E-state index is 3.58. The van der Waals surface area contributed by atoms with Crippen LogP contribution in [0.1, 0.15) is 39.5 Å². The normalized spacial score (nSPS) is 19.3. The zero-order chi connectivity index (χ0) is 15.5. The predicted molar refractivity (Wildman–Crippen MR) is 93.0 cm³/mol. The molecule has 0 bridgehead atoms. The first-order valence-corrected chi connectivity index (χ1v) is 8.94. The van der Waals surface area contributed by atoms with Gasteiger partial charge in [-0.1, -0.05) is 13.3 Å². The lowest BCUT2D eigenvalue weighted by Crippen LogP contribution is -2.48. The van der Waals surface area contributed by atoms with Gasteiger partial charge in [0, 0.05) is 45.3 Å². The molecule has 1 aliphatic heterocycles. The minimum Gasteiger partial charge on any atom is -0.314 e. The summed E-state index contributed by atoms with van der Waals surface area (Å²) >= 11 is 0. The van der Waals surface area contributed by atoms with E-state index in [9.17, 15) is 0 Å². The Hall–Kier alpha value is -0.160. The average Bonchev–Trinajstić information content (AvgIpc) is 2.48. The Bertz CT molecular complexity index is 237. The molecule has 0 aliphatic carbocycles. The molecule has 0 saturated carbocycles. The van der Waals surface area contributed by atoms with Crippen molar-refractivity contribution in [1.29, 1.82) is 0 Å². The monoisotopic (exact) mass is 298 g/mol. The second-order valence-electron chi connectivity index (χ2n) is 6.84. The number of rotatable bonds is 11. The van der Waals surface area contributed by atoms with E-state index in [1.807, 2.05) is 0 Å². The molecule has 126 valence electrons. The van der Waals surface area contributed by atoms with Crippen LogP contribution in [-0.4, -0.2) is 87.2 Å². The Kier molecular flexibility index (Phi) is 10.3. The lowest BCUT2D eigenvalue weighted by atomic mass is 10.1. The van der Waals surface area contributed by atoms with Gasteiger partial charge in [-0.25, -0.2) is 0 Å². The van der Waals surface area contributed by atoms with E-state index < -0.39 is 0 Å². The first-order valence-electron chi connectivity index (χ1n) is 8.94. The van der Waals surface area contributed by atoms with E-state index in [4.69, 9.17) is 0 Å². The van der Waals surface area contributed by atoms with Crippen LogP contribution in [0.5, 0.6) is 0 Å². The van der Waals surface area contributed by atoms with Gasteiger partial charge in [0.2, 0.25) is 0 Å². The van der Waals surface area contributed by atoms with Crippen LogP contribution in [0, 0.1) is 0 Å². The molecule has 0 radical (unpaired) electrons. The summed E-state index contributed by atoms with van der Waals surface area (Å²) in [5, 5.41) is 3.58. The van der Waals surface area contributed by atoms with Crippen LogP contribution >= 0.6 is 0 Å². The molecular weight excluding hydrogens is 260 g/mol. The highest BCUT2D eigenvalue weighted by molar-refractivity contribution is 4.72. The maximum absolute atomic E-state index is 3.58. The third-order valence-electron chi connectivity index (χ3n) is 4.43. The zero-order valence-corrected chi connectivity index (χ0v) is 14.9. The van der Waals surface area contributed by atoms with Crippen LogP contribution in [-0.2, 0) is 0 Å². The van der Waals surface area contributed by atoms with E-state index in [-0.39, 0.29) is 0 Å². The van der Waals surface area contributed by atoms with Gasteiger partial charge < -0.3 is 15.1 Å². The molecule has 4 nitrogen and oxygen atoms in total. The summed E-state index contributed by atoms with van der Waals surface area (Å²) in [7, 11) is 4.32. The lowest BCUT2D eigenvalue weighted by molar-refractivity contribution is 0.124. The Balaban J connectivity index is 1.98. The van der Waals surface area contributed by atoms with Crippen molar-refractivity contribution in [3.8, 4) is 0 Å². The summed E-state index contributed by atoms with van der Waals surface area (Å²) in [6.45, 7) is 14.4. The van der Waals surface area contributed by atoms with Crippen LogP contribution in [0.4, 0.5) is 0 Å². The minimum atomic E-state index is 0.688. The SMILES string of the molecule is CCCNC(C)CCCCN1CCN(CCN(C)C)CC1. The Morgan fingerprint density at radius 1 is 1.00 bits per heavy atom. The van der Waals surface area contributed by atoms with E-state index in [1.165, 1.54) is 71.5 Å². The average molecular weight is 299 g/mol. The van der Waals surface area contributed by atoms with Crippen molar-refractivity contribution in [2.75, 3.05) is 66.5 Å².